The predicted molar refractivity (Wildman–Crippen MR) is 59.0 cm³/mol. The molecule has 0 aromatic carbocycles. The van der Waals surface area contributed by atoms with Crippen molar-refractivity contribution in [2.24, 2.45) is 5.84 Å². The summed E-state index contributed by atoms with van der Waals surface area (Å²) >= 11 is 0. The first-order valence-electron chi connectivity index (χ1n) is 6.06. The van der Waals surface area contributed by atoms with Crippen molar-refractivity contribution < 1.29 is 4.79 Å². The summed E-state index contributed by atoms with van der Waals surface area (Å²) < 4.78 is 0. The molecule has 0 aromatic heterocycles. The maximum absolute atomic E-state index is 11.9. The smallest absolute Gasteiger partial charge is 0.222 e. The minimum Gasteiger partial charge on any atom is -0.340 e. The van der Waals surface area contributed by atoms with Gasteiger partial charge in [0.1, 0.15) is 0 Å². The number of hydrogen-bond acceptors (Lipinski definition) is 3. The Hall–Kier alpha value is -0.610. The van der Waals surface area contributed by atoms with Gasteiger partial charge in [0.2, 0.25) is 5.91 Å². The van der Waals surface area contributed by atoms with Gasteiger partial charge in [-0.2, -0.15) is 0 Å². The van der Waals surface area contributed by atoms with Crippen LogP contribution in [0.1, 0.15) is 38.5 Å². The van der Waals surface area contributed by atoms with E-state index in [0.29, 0.717) is 11.9 Å². The van der Waals surface area contributed by atoms with Gasteiger partial charge in [-0.1, -0.05) is 6.42 Å². The van der Waals surface area contributed by atoms with Crippen molar-refractivity contribution in [1.29, 1.82) is 0 Å². The quantitative estimate of drug-likeness (QED) is 0.650. The lowest BCUT2D eigenvalue weighted by molar-refractivity contribution is -0.133. The molecule has 4 nitrogen and oxygen atoms in total. The maximum atomic E-state index is 11.9. The standard InChI is InChI=1S/C11H21N3O/c12-13-8-5-10(6-9-13)14-7-3-1-2-4-11(14)15/h10H,1-9,12H2. The van der Waals surface area contributed by atoms with Gasteiger partial charge in [-0.05, 0) is 25.7 Å². The number of hydrogen-bond donors (Lipinski definition) is 1. The summed E-state index contributed by atoms with van der Waals surface area (Å²) in [7, 11) is 0. The van der Waals surface area contributed by atoms with Gasteiger partial charge in [0.15, 0.2) is 0 Å². The number of nitrogens with zero attached hydrogens (tertiary/aromatic N) is 2. The lowest BCUT2D eigenvalue weighted by Gasteiger charge is -2.36. The lowest BCUT2D eigenvalue weighted by atomic mass is 10.0. The molecule has 86 valence electrons. The number of hydrazine groups is 1. The third kappa shape index (κ3) is 2.69. The number of carbonyl (C=O) groups is 1. The highest BCUT2D eigenvalue weighted by Gasteiger charge is 2.27. The second kappa shape index (κ2) is 4.94. The number of rotatable bonds is 1. The van der Waals surface area contributed by atoms with Crippen molar-refractivity contribution >= 4 is 5.91 Å². The number of amides is 1. The van der Waals surface area contributed by atoms with E-state index in [4.69, 9.17) is 5.84 Å². The molecule has 2 rings (SSSR count). The van der Waals surface area contributed by atoms with Crippen molar-refractivity contribution in [3.05, 3.63) is 0 Å². The summed E-state index contributed by atoms with van der Waals surface area (Å²) in [6.45, 7) is 2.82. The molecule has 0 atom stereocenters. The SMILES string of the molecule is NN1CCC(N2CCCCCC2=O)CC1. The van der Waals surface area contributed by atoms with E-state index in [1.54, 1.807) is 0 Å². The lowest BCUT2D eigenvalue weighted by Crippen LogP contribution is -2.49. The van der Waals surface area contributed by atoms with Crippen molar-refractivity contribution in [3.8, 4) is 0 Å². The van der Waals surface area contributed by atoms with Gasteiger partial charge >= 0.3 is 0 Å². The molecule has 2 aliphatic rings. The van der Waals surface area contributed by atoms with Crippen LogP contribution in [0.3, 0.4) is 0 Å². The molecule has 2 N–H and O–H groups in total. The maximum Gasteiger partial charge on any atom is 0.222 e. The molecule has 4 heteroatoms. The zero-order chi connectivity index (χ0) is 10.7. The number of likely N-dealkylation sites (tertiary alicyclic amines) is 1. The molecule has 15 heavy (non-hydrogen) atoms. The van der Waals surface area contributed by atoms with Crippen LogP contribution in [0.2, 0.25) is 0 Å². The highest BCUT2D eigenvalue weighted by atomic mass is 16.2. The highest BCUT2D eigenvalue weighted by molar-refractivity contribution is 5.76. The Bertz CT molecular complexity index is 224. The van der Waals surface area contributed by atoms with E-state index >= 15 is 0 Å². The Morgan fingerprint density at radius 2 is 1.80 bits per heavy atom. The molecule has 0 unspecified atom stereocenters. The summed E-state index contributed by atoms with van der Waals surface area (Å²) in [5.41, 5.74) is 0. The van der Waals surface area contributed by atoms with E-state index in [0.717, 1.165) is 45.3 Å². The van der Waals surface area contributed by atoms with Crippen LogP contribution in [0, 0.1) is 0 Å². The molecule has 2 saturated heterocycles. The fourth-order valence-corrected chi connectivity index (χ4v) is 2.59. The average Bonchev–Trinajstić information content (AvgIpc) is 2.44. The topological polar surface area (TPSA) is 49.6 Å². The fourth-order valence-electron chi connectivity index (χ4n) is 2.59. The largest absolute Gasteiger partial charge is 0.340 e. The van der Waals surface area contributed by atoms with Gasteiger partial charge in [-0.15, -0.1) is 0 Å². The summed E-state index contributed by atoms with van der Waals surface area (Å²) in [5.74, 6) is 6.09. The minimum atomic E-state index is 0.364. The Morgan fingerprint density at radius 1 is 1.07 bits per heavy atom. The average molecular weight is 211 g/mol. The summed E-state index contributed by atoms with van der Waals surface area (Å²) in [6.07, 6.45) is 6.30. The van der Waals surface area contributed by atoms with Crippen LogP contribution in [0.4, 0.5) is 0 Å². The highest BCUT2D eigenvalue weighted by Crippen LogP contribution is 2.20. The molecule has 2 fully saturated rings. The molecule has 0 bridgehead atoms. The molecular weight excluding hydrogens is 190 g/mol. The molecule has 1 amide bonds. The Balaban J connectivity index is 1.92. The summed E-state index contributed by atoms with van der Waals surface area (Å²) in [4.78, 5) is 14.0. The van der Waals surface area contributed by atoms with Gasteiger partial charge in [-0.25, -0.2) is 5.01 Å². The second-order valence-electron chi connectivity index (χ2n) is 4.66. The van der Waals surface area contributed by atoms with E-state index < -0.39 is 0 Å². The van der Waals surface area contributed by atoms with Gasteiger partial charge < -0.3 is 4.90 Å². The van der Waals surface area contributed by atoms with Gasteiger partial charge in [-0.3, -0.25) is 10.6 Å². The van der Waals surface area contributed by atoms with Crippen LogP contribution in [-0.4, -0.2) is 41.5 Å². The molecule has 0 aliphatic carbocycles. The van der Waals surface area contributed by atoms with Gasteiger partial charge in [0.25, 0.3) is 0 Å². The first-order valence-corrected chi connectivity index (χ1v) is 6.06. The van der Waals surface area contributed by atoms with E-state index in [1.807, 2.05) is 5.01 Å². The number of carbonyl (C=O) groups excluding carboxylic acids is 1. The van der Waals surface area contributed by atoms with Crippen LogP contribution >= 0.6 is 0 Å². The van der Waals surface area contributed by atoms with Crippen LogP contribution in [-0.2, 0) is 4.79 Å². The molecule has 0 spiro atoms. The van der Waals surface area contributed by atoms with E-state index in [9.17, 15) is 4.79 Å². The van der Waals surface area contributed by atoms with Crippen LogP contribution in [0.25, 0.3) is 0 Å². The predicted octanol–water partition coefficient (Wildman–Crippen LogP) is 0.727. The minimum absolute atomic E-state index is 0.364. The first kappa shape index (κ1) is 10.9. The van der Waals surface area contributed by atoms with Crippen molar-refractivity contribution in [2.75, 3.05) is 19.6 Å². The number of piperidine rings is 1. The fraction of sp³-hybridized carbons (Fsp3) is 0.909. The Kier molecular flexibility index (Phi) is 3.59. The Morgan fingerprint density at radius 3 is 2.53 bits per heavy atom. The van der Waals surface area contributed by atoms with Gasteiger partial charge in [0.05, 0.1) is 0 Å². The van der Waals surface area contributed by atoms with E-state index in [1.165, 1.54) is 12.8 Å². The zero-order valence-corrected chi connectivity index (χ0v) is 9.32. The van der Waals surface area contributed by atoms with Crippen molar-refractivity contribution in [1.82, 2.24) is 9.91 Å². The second-order valence-corrected chi connectivity index (χ2v) is 4.66. The van der Waals surface area contributed by atoms with Crippen molar-refractivity contribution in [2.45, 2.75) is 44.6 Å². The monoisotopic (exact) mass is 211 g/mol. The third-order valence-electron chi connectivity index (χ3n) is 3.55. The van der Waals surface area contributed by atoms with Crippen molar-refractivity contribution in [3.63, 3.8) is 0 Å². The normalized spacial score (nSPS) is 26.7. The first-order chi connectivity index (χ1) is 7.27. The number of nitrogens with two attached hydrogens (primary N) is 1. The summed E-state index contributed by atoms with van der Waals surface area (Å²) in [6, 6.07) is 0.454. The third-order valence-corrected chi connectivity index (χ3v) is 3.55. The molecule has 2 aliphatic heterocycles. The molecule has 2 heterocycles. The summed E-state index contributed by atoms with van der Waals surface area (Å²) in [5, 5.41) is 1.86. The Labute approximate surface area is 91.4 Å². The molecule has 0 aromatic rings. The molecular formula is C11H21N3O. The van der Waals surface area contributed by atoms with Gasteiger partial charge in [0, 0.05) is 32.1 Å². The van der Waals surface area contributed by atoms with E-state index in [-0.39, 0.29) is 0 Å². The van der Waals surface area contributed by atoms with E-state index in [2.05, 4.69) is 4.90 Å². The van der Waals surface area contributed by atoms with Crippen LogP contribution in [0.15, 0.2) is 0 Å². The van der Waals surface area contributed by atoms with Crippen LogP contribution < -0.4 is 5.84 Å². The van der Waals surface area contributed by atoms with Crippen LogP contribution in [0.5, 0.6) is 0 Å². The molecule has 0 saturated carbocycles. The molecule has 0 radical (unpaired) electrons. The zero-order valence-electron chi connectivity index (χ0n) is 9.32.